The zero-order chi connectivity index (χ0) is 18.4. The molecule has 2 aromatic rings. The number of nitrogens with one attached hydrogen (secondary N) is 1. The highest BCUT2D eigenvalue weighted by atomic mass is 32.2. The van der Waals surface area contributed by atoms with Crippen LogP contribution in [0.15, 0.2) is 34.9 Å². The largest absolute Gasteiger partial charge is 0.384 e. The Morgan fingerprint density at radius 2 is 2.12 bits per heavy atom. The summed E-state index contributed by atoms with van der Waals surface area (Å²) >= 11 is 0. The second kappa shape index (κ2) is 8.72. The second-order valence-electron chi connectivity index (χ2n) is 6.23. The molecule has 1 aliphatic rings. The van der Waals surface area contributed by atoms with Gasteiger partial charge in [0.25, 0.3) is 10.2 Å². The number of aromatic nitrogens is 2. The highest BCUT2D eigenvalue weighted by Crippen LogP contribution is 2.31. The van der Waals surface area contributed by atoms with Crippen LogP contribution >= 0.6 is 0 Å². The summed E-state index contributed by atoms with van der Waals surface area (Å²) in [5.41, 5.74) is 0.907. The van der Waals surface area contributed by atoms with Gasteiger partial charge in [0.15, 0.2) is 5.82 Å². The molecule has 0 bridgehead atoms. The Balaban J connectivity index is 1.72. The third-order valence-corrected chi connectivity index (χ3v) is 5.93. The molecule has 1 fully saturated rings. The van der Waals surface area contributed by atoms with Crippen molar-refractivity contribution in [3.63, 3.8) is 0 Å². The van der Waals surface area contributed by atoms with Crippen LogP contribution < -0.4 is 4.72 Å². The maximum Gasteiger partial charge on any atom is 0.280 e. The van der Waals surface area contributed by atoms with Crippen molar-refractivity contribution in [1.82, 2.24) is 19.2 Å². The topological polar surface area (TPSA) is 97.6 Å². The number of rotatable bonds is 8. The summed E-state index contributed by atoms with van der Waals surface area (Å²) in [5, 5.41) is 3.93. The van der Waals surface area contributed by atoms with Crippen molar-refractivity contribution in [3.05, 3.63) is 47.6 Å². The summed E-state index contributed by atoms with van der Waals surface area (Å²) in [6.07, 6.45) is 2.93. The van der Waals surface area contributed by atoms with E-state index in [1.807, 2.05) is 30.3 Å². The molecule has 2 heterocycles. The van der Waals surface area contributed by atoms with E-state index in [0.29, 0.717) is 37.7 Å². The third-order valence-electron chi connectivity index (χ3n) is 4.36. The highest BCUT2D eigenvalue weighted by Gasteiger charge is 2.36. The molecule has 1 atom stereocenters. The van der Waals surface area contributed by atoms with Crippen LogP contribution in [-0.4, -0.2) is 43.1 Å². The van der Waals surface area contributed by atoms with Gasteiger partial charge in [-0.05, 0) is 18.4 Å². The fraction of sp³-hybridized carbons (Fsp3) is 0.529. The van der Waals surface area contributed by atoms with E-state index in [4.69, 9.17) is 9.26 Å². The van der Waals surface area contributed by atoms with Crippen LogP contribution in [0.1, 0.15) is 42.6 Å². The van der Waals surface area contributed by atoms with E-state index < -0.39 is 16.3 Å². The normalized spacial score (nSPS) is 18.9. The van der Waals surface area contributed by atoms with E-state index in [0.717, 1.165) is 18.4 Å². The second-order valence-corrected chi connectivity index (χ2v) is 7.93. The molecule has 0 unspecified atom stereocenters. The Bertz CT molecular complexity index is 794. The summed E-state index contributed by atoms with van der Waals surface area (Å²) < 4.78 is 40.1. The summed E-state index contributed by atoms with van der Waals surface area (Å²) in [6.45, 7) is 1.17. The number of hydrogen-bond acceptors (Lipinski definition) is 6. The first-order valence-electron chi connectivity index (χ1n) is 8.72. The summed E-state index contributed by atoms with van der Waals surface area (Å²) in [5.74, 6) is 0.878. The van der Waals surface area contributed by atoms with Crippen molar-refractivity contribution >= 4 is 10.2 Å². The molecule has 0 spiro atoms. The van der Waals surface area contributed by atoms with Gasteiger partial charge in [-0.3, -0.25) is 0 Å². The Kier molecular flexibility index (Phi) is 6.36. The first kappa shape index (κ1) is 19.0. The zero-order valence-electron chi connectivity index (χ0n) is 14.8. The molecule has 8 nitrogen and oxygen atoms in total. The fourth-order valence-electron chi connectivity index (χ4n) is 2.99. The first-order chi connectivity index (χ1) is 12.6. The molecule has 0 saturated carbocycles. The minimum absolute atomic E-state index is 0.245. The number of benzene rings is 1. The molecule has 1 aromatic carbocycles. The lowest BCUT2D eigenvalue weighted by atomic mass is 10.1. The number of hydrogen-bond donors (Lipinski definition) is 1. The quantitative estimate of drug-likeness (QED) is 0.750. The van der Waals surface area contributed by atoms with Crippen LogP contribution in [0.3, 0.4) is 0 Å². The molecule has 1 aromatic heterocycles. The lowest BCUT2D eigenvalue weighted by Gasteiger charge is -2.32. The Morgan fingerprint density at radius 1 is 1.31 bits per heavy atom. The van der Waals surface area contributed by atoms with Crippen LogP contribution in [0.2, 0.25) is 0 Å². The van der Waals surface area contributed by atoms with E-state index >= 15 is 0 Å². The highest BCUT2D eigenvalue weighted by molar-refractivity contribution is 7.87. The monoisotopic (exact) mass is 380 g/mol. The maximum absolute atomic E-state index is 12.8. The van der Waals surface area contributed by atoms with Gasteiger partial charge in [0.2, 0.25) is 5.89 Å². The van der Waals surface area contributed by atoms with E-state index in [1.54, 1.807) is 7.11 Å². The van der Waals surface area contributed by atoms with Crippen molar-refractivity contribution in [2.24, 2.45) is 0 Å². The van der Waals surface area contributed by atoms with Gasteiger partial charge in [0.1, 0.15) is 6.04 Å². The van der Waals surface area contributed by atoms with Gasteiger partial charge >= 0.3 is 0 Å². The predicted molar refractivity (Wildman–Crippen MR) is 95.4 cm³/mol. The molecule has 3 rings (SSSR count). The average molecular weight is 380 g/mol. The fourth-order valence-corrected chi connectivity index (χ4v) is 4.41. The van der Waals surface area contributed by atoms with Crippen LogP contribution in [0, 0.1) is 0 Å². The molecule has 0 aliphatic carbocycles. The van der Waals surface area contributed by atoms with Gasteiger partial charge in [-0.25, -0.2) is 0 Å². The van der Waals surface area contributed by atoms with Crippen LogP contribution in [0.5, 0.6) is 0 Å². The van der Waals surface area contributed by atoms with E-state index in [2.05, 4.69) is 14.9 Å². The van der Waals surface area contributed by atoms with Crippen LogP contribution in [0.4, 0.5) is 0 Å². The maximum atomic E-state index is 12.8. The van der Waals surface area contributed by atoms with Crippen LogP contribution in [-0.2, 0) is 27.9 Å². The summed E-state index contributed by atoms with van der Waals surface area (Å²) in [6, 6.07) is 9.00. The predicted octanol–water partition coefficient (Wildman–Crippen LogP) is 1.82. The van der Waals surface area contributed by atoms with Gasteiger partial charge in [-0.1, -0.05) is 41.9 Å². The molecular weight excluding hydrogens is 356 g/mol. The van der Waals surface area contributed by atoms with Crippen molar-refractivity contribution < 1.29 is 17.7 Å². The number of nitrogens with zero attached hydrogens (tertiary/aromatic N) is 3. The van der Waals surface area contributed by atoms with Gasteiger partial charge in [0.05, 0.1) is 6.61 Å². The van der Waals surface area contributed by atoms with E-state index in [1.165, 1.54) is 4.31 Å². The number of methoxy groups -OCH3 is 1. The molecule has 0 amide bonds. The van der Waals surface area contributed by atoms with Crippen molar-refractivity contribution in [3.8, 4) is 0 Å². The molecule has 142 valence electrons. The smallest absolute Gasteiger partial charge is 0.280 e. The summed E-state index contributed by atoms with van der Waals surface area (Å²) in [7, 11) is -2.05. The van der Waals surface area contributed by atoms with Gasteiger partial charge in [0, 0.05) is 26.6 Å². The van der Waals surface area contributed by atoms with Crippen molar-refractivity contribution in [2.45, 2.75) is 38.3 Å². The molecule has 1 N–H and O–H groups in total. The lowest BCUT2D eigenvalue weighted by Crippen LogP contribution is -2.45. The molecule has 0 radical (unpaired) electrons. The first-order valence-corrected chi connectivity index (χ1v) is 10.2. The standard InChI is InChI=1S/C17H24N4O4S/c1-24-12-10-16-19-17(25-20-16)15-9-5-6-11-21(15)26(22,23)18-13-14-7-3-2-4-8-14/h2-4,7-8,15,18H,5-6,9-13H2,1H3/t15-/m0/s1. The Morgan fingerprint density at radius 3 is 2.88 bits per heavy atom. The van der Waals surface area contributed by atoms with E-state index in [-0.39, 0.29) is 6.54 Å². The van der Waals surface area contributed by atoms with Crippen molar-refractivity contribution in [2.75, 3.05) is 20.3 Å². The molecule has 1 saturated heterocycles. The van der Waals surface area contributed by atoms with Crippen LogP contribution in [0.25, 0.3) is 0 Å². The molecule has 9 heteroatoms. The van der Waals surface area contributed by atoms with Gasteiger partial charge in [-0.2, -0.15) is 22.4 Å². The molecule has 26 heavy (non-hydrogen) atoms. The number of ether oxygens (including phenoxy) is 1. The Labute approximate surface area is 153 Å². The minimum Gasteiger partial charge on any atom is -0.384 e. The van der Waals surface area contributed by atoms with Gasteiger partial charge in [-0.15, -0.1) is 0 Å². The van der Waals surface area contributed by atoms with Crippen molar-refractivity contribution in [1.29, 1.82) is 0 Å². The minimum atomic E-state index is -3.66. The summed E-state index contributed by atoms with van der Waals surface area (Å²) in [4.78, 5) is 4.36. The third kappa shape index (κ3) is 4.67. The Hall–Kier alpha value is -1.81. The SMILES string of the molecule is COCCc1noc([C@@H]2CCCCN2S(=O)(=O)NCc2ccccc2)n1. The van der Waals surface area contributed by atoms with E-state index in [9.17, 15) is 8.42 Å². The lowest BCUT2D eigenvalue weighted by molar-refractivity contribution is 0.197. The molecular formula is C17H24N4O4S. The average Bonchev–Trinajstić information content (AvgIpc) is 3.14. The molecule has 1 aliphatic heterocycles. The van der Waals surface area contributed by atoms with Gasteiger partial charge < -0.3 is 9.26 Å². The number of piperidine rings is 1. The zero-order valence-corrected chi connectivity index (χ0v) is 15.6.